The third-order valence-electron chi connectivity index (χ3n) is 3.97. The minimum Gasteiger partial charge on any atom is -0.320 e. The minimum atomic E-state index is -0.248. The number of rotatable bonds is 4. The van der Waals surface area contributed by atoms with Crippen LogP contribution in [0.5, 0.6) is 0 Å². The first-order valence-electron chi connectivity index (χ1n) is 7.74. The van der Waals surface area contributed by atoms with Gasteiger partial charge in [0.25, 0.3) is 0 Å². The van der Waals surface area contributed by atoms with Gasteiger partial charge in [0.2, 0.25) is 5.91 Å². The number of nitrogens with one attached hydrogen (secondary N) is 1. The first kappa shape index (κ1) is 19.3. The monoisotopic (exact) mass is 466 g/mol. The lowest BCUT2D eigenvalue weighted by Crippen LogP contribution is -2.30. The molecule has 0 saturated heterocycles. The largest absolute Gasteiger partial charge is 0.320 e. The standard InChI is InChI=1S/C19H13BrCl2N2OS/c20-13-3-1-2-12(7-13)14-8-18(25)24-19(15(14)9-23)26-10-11-4-5-16(21)17(22)6-11/h1-7,14H,8,10H2,(H,24,25)/t14-/m0/s1. The number of nitrogens with zero attached hydrogens (tertiary/aromatic N) is 1. The van der Waals surface area contributed by atoms with E-state index in [1.165, 1.54) is 11.8 Å². The molecule has 0 radical (unpaired) electrons. The second kappa shape index (κ2) is 8.49. The molecule has 0 bridgehead atoms. The summed E-state index contributed by atoms with van der Waals surface area (Å²) < 4.78 is 0.920. The van der Waals surface area contributed by atoms with Gasteiger partial charge in [0.15, 0.2) is 0 Å². The van der Waals surface area contributed by atoms with Crippen molar-refractivity contribution in [1.29, 1.82) is 5.26 Å². The summed E-state index contributed by atoms with van der Waals surface area (Å²) in [5.41, 5.74) is 2.49. The number of amides is 1. The van der Waals surface area contributed by atoms with Crippen molar-refractivity contribution < 1.29 is 4.79 Å². The number of hydrogen-bond donors (Lipinski definition) is 1. The summed E-state index contributed by atoms with van der Waals surface area (Å²) in [7, 11) is 0. The van der Waals surface area contributed by atoms with E-state index in [-0.39, 0.29) is 18.2 Å². The summed E-state index contributed by atoms with van der Waals surface area (Å²) in [5, 5.41) is 14.1. The maximum absolute atomic E-state index is 12.2. The Labute approximate surface area is 174 Å². The van der Waals surface area contributed by atoms with Crippen LogP contribution in [0.1, 0.15) is 23.5 Å². The molecule has 1 heterocycles. The van der Waals surface area contributed by atoms with Crippen molar-refractivity contribution in [3.63, 3.8) is 0 Å². The van der Waals surface area contributed by atoms with Crippen LogP contribution < -0.4 is 5.32 Å². The molecule has 132 valence electrons. The lowest BCUT2D eigenvalue weighted by Gasteiger charge is -2.25. The van der Waals surface area contributed by atoms with Gasteiger partial charge in [-0.05, 0) is 35.4 Å². The van der Waals surface area contributed by atoms with Crippen LogP contribution in [0.25, 0.3) is 0 Å². The molecule has 1 aliphatic rings. The quantitative estimate of drug-likeness (QED) is 0.597. The highest BCUT2D eigenvalue weighted by Gasteiger charge is 2.29. The van der Waals surface area contributed by atoms with Gasteiger partial charge in [-0.15, -0.1) is 11.8 Å². The van der Waals surface area contributed by atoms with Gasteiger partial charge in [0, 0.05) is 22.6 Å². The molecule has 2 aromatic carbocycles. The van der Waals surface area contributed by atoms with Gasteiger partial charge in [-0.1, -0.05) is 57.3 Å². The van der Waals surface area contributed by atoms with Crippen LogP contribution in [0.3, 0.4) is 0 Å². The third-order valence-corrected chi connectivity index (χ3v) is 6.29. The number of nitriles is 1. The predicted octanol–water partition coefficient (Wildman–Crippen LogP) is 6.03. The smallest absolute Gasteiger partial charge is 0.225 e. The van der Waals surface area contributed by atoms with Gasteiger partial charge in [0.1, 0.15) is 0 Å². The van der Waals surface area contributed by atoms with E-state index in [0.29, 0.717) is 26.4 Å². The number of carbonyl (C=O) groups is 1. The van der Waals surface area contributed by atoms with Crippen LogP contribution >= 0.6 is 50.9 Å². The van der Waals surface area contributed by atoms with E-state index in [2.05, 4.69) is 27.3 Å². The zero-order valence-corrected chi connectivity index (χ0v) is 17.3. The SMILES string of the molecule is N#CC1=C(SCc2ccc(Cl)c(Cl)c2)NC(=O)C[C@H]1c1cccc(Br)c1. The van der Waals surface area contributed by atoms with Crippen molar-refractivity contribution >= 4 is 56.8 Å². The molecule has 0 fully saturated rings. The summed E-state index contributed by atoms with van der Waals surface area (Å²) >= 11 is 16.9. The Balaban J connectivity index is 1.88. The van der Waals surface area contributed by atoms with E-state index in [1.807, 2.05) is 30.3 Å². The molecule has 1 N–H and O–H groups in total. The highest BCUT2D eigenvalue weighted by molar-refractivity contribution is 9.10. The average molecular weight is 468 g/mol. The van der Waals surface area contributed by atoms with Gasteiger partial charge in [-0.2, -0.15) is 5.26 Å². The lowest BCUT2D eigenvalue weighted by atomic mass is 9.87. The molecule has 0 saturated carbocycles. The number of carbonyl (C=O) groups excluding carboxylic acids is 1. The zero-order valence-electron chi connectivity index (χ0n) is 13.4. The van der Waals surface area contributed by atoms with Gasteiger partial charge in [-0.25, -0.2) is 0 Å². The Morgan fingerprint density at radius 3 is 2.73 bits per heavy atom. The number of benzene rings is 2. The number of hydrogen-bond acceptors (Lipinski definition) is 3. The Bertz CT molecular complexity index is 939. The number of allylic oxidation sites excluding steroid dienone is 1. The summed E-state index contributed by atoms with van der Waals surface area (Å²) in [5.74, 6) is 0.233. The molecule has 7 heteroatoms. The van der Waals surface area contributed by atoms with E-state index < -0.39 is 0 Å². The van der Waals surface area contributed by atoms with Crippen LogP contribution in [0, 0.1) is 11.3 Å². The highest BCUT2D eigenvalue weighted by atomic mass is 79.9. The molecule has 0 aliphatic carbocycles. The molecule has 1 amide bonds. The summed E-state index contributed by atoms with van der Waals surface area (Å²) in [6.07, 6.45) is 0.260. The van der Waals surface area contributed by atoms with Gasteiger partial charge < -0.3 is 5.32 Å². The summed E-state index contributed by atoms with van der Waals surface area (Å²) in [6, 6.07) is 15.4. The molecule has 2 aromatic rings. The van der Waals surface area contributed by atoms with E-state index in [4.69, 9.17) is 23.2 Å². The third kappa shape index (κ3) is 4.44. The molecule has 1 atom stereocenters. The Hall–Kier alpha value is -1.45. The van der Waals surface area contributed by atoms with E-state index >= 15 is 0 Å². The van der Waals surface area contributed by atoms with Crippen LogP contribution in [0.15, 0.2) is 57.5 Å². The van der Waals surface area contributed by atoms with Gasteiger partial charge in [0.05, 0.1) is 26.7 Å². The van der Waals surface area contributed by atoms with Crippen molar-refractivity contribution in [2.24, 2.45) is 0 Å². The van der Waals surface area contributed by atoms with Crippen molar-refractivity contribution in [3.8, 4) is 6.07 Å². The Morgan fingerprint density at radius 1 is 1.23 bits per heavy atom. The summed E-state index contributed by atoms with van der Waals surface area (Å²) in [6.45, 7) is 0. The van der Waals surface area contributed by atoms with Crippen LogP contribution in [-0.2, 0) is 10.5 Å². The van der Waals surface area contributed by atoms with Crippen LogP contribution in [0.2, 0.25) is 10.0 Å². The molecule has 3 rings (SSSR count). The van der Waals surface area contributed by atoms with Crippen LogP contribution in [0.4, 0.5) is 0 Å². The lowest BCUT2D eigenvalue weighted by molar-refractivity contribution is -0.120. The molecule has 0 spiro atoms. The molecule has 0 aromatic heterocycles. The van der Waals surface area contributed by atoms with E-state index in [9.17, 15) is 10.1 Å². The fourth-order valence-corrected chi connectivity index (χ4v) is 4.48. The highest BCUT2D eigenvalue weighted by Crippen LogP contribution is 2.37. The van der Waals surface area contributed by atoms with Gasteiger partial charge in [-0.3, -0.25) is 4.79 Å². The molecule has 26 heavy (non-hydrogen) atoms. The van der Waals surface area contributed by atoms with Crippen molar-refractivity contribution in [2.75, 3.05) is 0 Å². The Kier molecular flexibility index (Phi) is 6.31. The number of thioether (sulfide) groups is 1. The van der Waals surface area contributed by atoms with Crippen LogP contribution in [-0.4, -0.2) is 5.91 Å². The van der Waals surface area contributed by atoms with E-state index in [1.54, 1.807) is 12.1 Å². The molecule has 0 unspecified atom stereocenters. The minimum absolute atomic E-state index is 0.0920. The average Bonchev–Trinajstić information content (AvgIpc) is 2.62. The maximum atomic E-state index is 12.2. The van der Waals surface area contributed by atoms with Crippen molar-refractivity contribution in [2.45, 2.75) is 18.1 Å². The number of halogens is 3. The zero-order chi connectivity index (χ0) is 18.7. The fraction of sp³-hybridized carbons (Fsp3) is 0.158. The van der Waals surface area contributed by atoms with Crippen molar-refractivity contribution in [3.05, 3.63) is 78.7 Å². The van der Waals surface area contributed by atoms with Crippen molar-refractivity contribution in [1.82, 2.24) is 5.32 Å². The fourth-order valence-electron chi connectivity index (χ4n) is 2.73. The second-order valence-corrected chi connectivity index (χ2v) is 8.47. The molecular weight excluding hydrogens is 455 g/mol. The predicted molar refractivity (Wildman–Crippen MR) is 110 cm³/mol. The molecule has 3 nitrogen and oxygen atoms in total. The topological polar surface area (TPSA) is 52.9 Å². The first-order valence-corrected chi connectivity index (χ1v) is 10.3. The Morgan fingerprint density at radius 2 is 2.04 bits per heavy atom. The second-order valence-electron chi connectivity index (χ2n) is 5.75. The molecule has 1 aliphatic heterocycles. The van der Waals surface area contributed by atoms with Gasteiger partial charge >= 0.3 is 0 Å². The summed E-state index contributed by atoms with van der Waals surface area (Å²) in [4.78, 5) is 12.2. The van der Waals surface area contributed by atoms with E-state index in [0.717, 1.165) is 15.6 Å². The normalized spacial score (nSPS) is 17.0. The maximum Gasteiger partial charge on any atom is 0.225 e. The first-order chi connectivity index (χ1) is 12.5. The molecular formula is C19H13BrCl2N2OS.